The predicted octanol–water partition coefficient (Wildman–Crippen LogP) is 4.31. The SMILES string of the molecule is CC1CC(C)CC(Oc2c(C#N)cnc3ccccc23)C1. The van der Waals surface area contributed by atoms with Crippen LogP contribution in [0.15, 0.2) is 30.5 Å². The smallest absolute Gasteiger partial charge is 0.148 e. The average molecular weight is 280 g/mol. The molecule has 0 bridgehead atoms. The average Bonchev–Trinajstić information content (AvgIpc) is 2.46. The van der Waals surface area contributed by atoms with E-state index in [9.17, 15) is 5.26 Å². The zero-order valence-electron chi connectivity index (χ0n) is 12.5. The maximum Gasteiger partial charge on any atom is 0.148 e. The van der Waals surface area contributed by atoms with E-state index in [1.807, 2.05) is 24.3 Å². The molecule has 0 radical (unpaired) electrons. The Kier molecular flexibility index (Phi) is 3.79. The van der Waals surface area contributed by atoms with Crippen LogP contribution in [0.4, 0.5) is 0 Å². The highest BCUT2D eigenvalue weighted by Gasteiger charge is 2.26. The van der Waals surface area contributed by atoms with Crippen molar-refractivity contribution < 1.29 is 4.74 Å². The Morgan fingerprint density at radius 3 is 2.57 bits per heavy atom. The van der Waals surface area contributed by atoms with Gasteiger partial charge in [0.15, 0.2) is 0 Å². The molecule has 1 heterocycles. The molecule has 3 rings (SSSR count). The molecule has 0 saturated heterocycles. The minimum Gasteiger partial charge on any atom is -0.488 e. The molecule has 1 saturated carbocycles. The van der Waals surface area contributed by atoms with Gasteiger partial charge in [0.1, 0.15) is 17.4 Å². The molecule has 0 amide bonds. The van der Waals surface area contributed by atoms with Gasteiger partial charge in [0, 0.05) is 11.6 Å². The zero-order valence-corrected chi connectivity index (χ0v) is 12.5. The van der Waals surface area contributed by atoms with Crippen molar-refractivity contribution in [1.29, 1.82) is 5.26 Å². The molecule has 1 aliphatic carbocycles. The maximum atomic E-state index is 9.34. The van der Waals surface area contributed by atoms with Gasteiger partial charge < -0.3 is 4.74 Å². The van der Waals surface area contributed by atoms with E-state index in [0.717, 1.165) is 23.7 Å². The Morgan fingerprint density at radius 2 is 1.86 bits per heavy atom. The molecular weight excluding hydrogens is 260 g/mol. The van der Waals surface area contributed by atoms with E-state index >= 15 is 0 Å². The van der Waals surface area contributed by atoms with E-state index in [-0.39, 0.29) is 6.10 Å². The lowest BCUT2D eigenvalue weighted by Crippen LogP contribution is -2.28. The number of nitriles is 1. The van der Waals surface area contributed by atoms with Gasteiger partial charge in [-0.25, -0.2) is 0 Å². The first-order valence-corrected chi connectivity index (χ1v) is 7.62. The molecule has 1 aliphatic rings. The summed E-state index contributed by atoms with van der Waals surface area (Å²) in [6.45, 7) is 4.56. The van der Waals surface area contributed by atoms with Crippen LogP contribution in [0.5, 0.6) is 5.75 Å². The number of rotatable bonds is 2. The van der Waals surface area contributed by atoms with Crippen molar-refractivity contribution >= 4 is 10.9 Å². The van der Waals surface area contributed by atoms with Crippen LogP contribution in [0, 0.1) is 23.2 Å². The number of fused-ring (bicyclic) bond motifs is 1. The fourth-order valence-corrected chi connectivity index (χ4v) is 3.46. The Hall–Kier alpha value is -2.08. The second-order valence-electron chi connectivity index (χ2n) is 6.29. The Labute approximate surface area is 125 Å². The maximum absolute atomic E-state index is 9.34. The number of benzene rings is 1. The van der Waals surface area contributed by atoms with E-state index in [1.165, 1.54) is 6.42 Å². The highest BCUT2D eigenvalue weighted by Crippen LogP contribution is 2.35. The summed E-state index contributed by atoms with van der Waals surface area (Å²) in [5.74, 6) is 2.06. The van der Waals surface area contributed by atoms with Crippen molar-refractivity contribution in [2.45, 2.75) is 39.2 Å². The first kappa shape index (κ1) is 13.9. The summed E-state index contributed by atoms with van der Waals surface area (Å²) < 4.78 is 6.27. The highest BCUT2D eigenvalue weighted by atomic mass is 16.5. The molecule has 3 nitrogen and oxygen atoms in total. The summed E-state index contributed by atoms with van der Waals surface area (Å²) >= 11 is 0. The summed E-state index contributed by atoms with van der Waals surface area (Å²) in [7, 11) is 0. The lowest BCUT2D eigenvalue weighted by atomic mass is 9.82. The van der Waals surface area contributed by atoms with Crippen LogP contribution in [0.2, 0.25) is 0 Å². The van der Waals surface area contributed by atoms with E-state index in [1.54, 1.807) is 6.20 Å². The van der Waals surface area contributed by atoms with Gasteiger partial charge in [0.2, 0.25) is 0 Å². The van der Waals surface area contributed by atoms with Gasteiger partial charge in [0.05, 0.1) is 11.6 Å². The molecule has 3 heteroatoms. The highest BCUT2D eigenvalue weighted by molar-refractivity contribution is 5.87. The van der Waals surface area contributed by atoms with Crippen LogP contribution in [-0.2, 0) is 0 Å². The first-order valence-electron chi connectivity index (χ1n) is 7.62. The molecule has 2 aromatic rings. The van der Waals surface area contributed by atoms with Crippen molar-refractivity contribution in [2.75, 3.05) is 0 Å². The number of para-hydroxylation sites is 1. The lowest BCUT2D eigenvalue weighted by molar-refractivity contribution is 0.102. The van der Waals surface area contributed by atoms with Crippen molar-refractivity contribution in [3.63, 3.8) is 0 Å². The Morgan fingerprint density at radius 1 is 1.14 bits per heavy atom. The van der Waals surface area contributed by atoms with E-state index in [0.29, 0.717) is 23.1 Å². The Bertz CT molecular complexity index is 679. The summed E-state index contributed by atoms with van der Waals surface area (Å²) in [5, 5.41) is 10.3. The normalized spacial score (nSPS) is 25.5. The number of hydrogen-bond acceptors (Lipinski definition) is 3. The standard InChI is InChI=1S/C18H20N2O/c1-12-7-13(2)9-15(8-12)21-18-14(10-19)11-20-17-6-4-3-5-16(17)18/h3-6,11-13,15H,7-9H2,1-2H3. The molecule has 108 valence electrons. The molecule has 0 aliphatic heterocycles. The first-order chi connectivity index (χ1) is 10.2. The molecule has 21 heavy (non-hydrogen) atoms. The van der Waals surface area contributed by atoms with Crippen molar-refractivity contribution in [1.82, 2.24) is 4.98 Å². The fourth-order valence-electron chi connectivity index (χ4n) is 3.46. The second kappa shape index (κ2) is 5.73. The van der Waals surface area contributed by atoms with Crippen LogP contribution in [0.25, 0.3) is 10.9 Å². The molecule has 0 N–H and O–H groups in total. The number of pyridine rings is 1. The third-order valence-electron chi connectivity index (χ3n) is 4.27. The van der Waals surface area contributed by atoms with Crippen LogP contribution in [-0.4, -0.2) is 11.1 Å². The van der Waals surface area contributed by atoms with Crippen LogP contribution in [0.3, 0.4) is 0 Å². The minimum absolute atomic E-state index is 0.196. The molecule has 2 atom stereocenters. The van der Waals surface area contributed by atoms with Crippen molar-refractivity contribution in [3.05, 3.63) is 36.0 Å². The number of aromatic nitrogens is 1. The molecule has 1 aromatic heterocycles. The summed E-state index contributed by atoms with van der Waals surface area (Å²) in [4.78, 5) is 4.33. The van der Waals surface area contributed by atoms with Gasteiger partial charge in [-0.2, -0.15) is 5.26 Å². The molecule has 1 fully saturated rings. The van der Waals surface area contributed by atoms with Crippen molar-refractivity contribution in [2.24, 2.45) is 11.8 Å². The predicted molar refractivity (Wildman–Crippen MR) is 83.1 cm³/mol. The van der Waals surface area contributed by atoms with Gasteiger partial charge in [-0.1, -0.05) is 26.0 Å². The molecule has 2 unspecified atom stereocenters. The third kappa shape index (κ3) is 2.85. The summed E-state index contributed by atoms with van der Waals surface area (Å²) in [6, 6.07) is 10.1. The zero-order chi connectivity index (χ0) is 14.8. The topological polar surface area (TPSA) is 45.9 Å². The quantitative estimate of drug-likeness (QED) is 0.823. The lowest BCUT2D eigenvalue weighted by Gasteiger charge is -2.32. The summed E-state index contributed by atoms with van der Waals surface area (Å²) in [5.41, 5.74) is 1.41. The van der Waals surface area contributed by atoms with Crippen LogP contribution in [0.1, 0.15) is 38.7 Å². The number of nitrogens with zero attached hydrogens (tertiary/aromatic N) is 2. The summed E-state index contributed by atoms with van der Waals surface area (Å²) in [6.07, 6.45) is 5.20. The monoisotopic (exact) mass is 280 g/mol. The van der Waals surface area contributed by atoms with Crippen molar-refractivity contribution in [3.8, 4) is 11.8 Å². The van der Waals surface area contributed by atoms with E-state index < -0.39 is 0 Å². The second-order valence-corrected chi connectivity index (χ2v) is 6.29. The van der Waals surface area contributed by atoms with Gasteiger partial charge in [-0.15, -0.1) is 0 Å². The molecule has 0 spiro atoms. The molecule has 1 aromatic carbocycles. The number of hydrogen-bond donors (Lipinski definition) is 0. The van der Waals surface area contributed by atoms with E-state index in [4.69, 9.17) is 4.74 Å². The van der Waals surface area contributed by atoms with Gasteiger partial charge >= 0.3 is 0 Å². The Balaban J connectivity index is 1.97. The largest absolute Gasteiger partial charge is 0.488 e. The third-order valence-corrected chi connectivity index (χ3v) is 4.27. The minimum atomic E-state index is 0.196. The fraction of sp³-hybridized carbons (Fsp3) is 0.444. The van der Waals surface area contributed by atoms with E-state index in [2.05, 4.69) is 24.9 Å². The van der Waals surface area contributed by atoms with Gasteiger partial charge in [-0.05, 0) is 43.2 Å². The van der Waals surface area contributed by atoms with Gasteiger partial charge in [-0.3, -0.25) is 4.98 Å². The van der Waals surface area contributed by atoms with Crippen LogP contribution < -0.4 is 4.74 Å². The number of ether oxygens (including phenoxy) is 1. The molecular formula is C18H20N2O. The van der Waals surface area contributed by atoms with Crippen LogP contribution >= 0.6 is 0 Å². The van der Waals surface area contributed by atoms with Gasteiger partial charge in [0.25, 0.3) is 0 Å².